The van der Waals surface area contributed by atoms with Gasteiger partial charge in [-0.15, -0.1) is 11.3 Å². The minimum absolute atomic E-state index is 0.0508. The summed E-state index contributed by atoms with van der Waals surface area (Å²) in [6.45, 7) is 4.08. The van der Waals surface area contributed by atoms with Crippen LogP contribution in [0.1, 0.15) is 27.0 Å². The molecule has 1 aromatic carbocycles. The zero-order chi connectivity index (χ0) is 21.1. The molecule has 3 aromatic rings. The fraction of sp³-hybridized carbons (Fsp3) is 0.130. The molecule has 7 heteroatoms. The number of ether oxygens (including phenoxy) is 1. The van der Waals surface area contributed by atoms with Crippen molar-refractivity contribution in [3.8, 4) is 5.75 Å². The Morgan fingerprint density at radius 1 is 1.27 bits per heavy atom. The van der Waals surface area contributed by atoms with Crippen molar-refractivity contribution in [1.82, 2.24) is 4.90 Å². The minimum atomic E-state index is -0.774. The van der Waals surface area contributed by atoms with Crippen LogP contribution >= 0.6 is 11.3 Å². The summed E-state index contributed by atoms with van der Waals surface area (Å²) in [6, 6.07) is 13.2. The van der Waals surface area contributed by atoms with Crippen LogP contribution in [-0.4, -0.2) is 28.3 Å². The molecule has 4 rings (SSSR count). The molecule has 0 fully saturated rings. The molecular weight excluding hydrogens is 402 g/mol. The Morgan fingerprint density at radius 2 is 2.13 bits per heavy atom. The van der Waals surface area contributed by atoms with E-state index in [-0.39, 0.29) is 17.9 Å². The number of amides is 1. The molecule has 1 atom stereocenters. The molecule has 0 saturated heterocycles. The fourth-order valence-electron chi connectivity index (χ4n) is 3.44. The van der Waals surface area contributed by atoms with E-state index in [2.05, 4.69) is 6.58 Å². The van der Waals surface area contributed by atoms with Gasteiger partial charge in [0.05, 0.1) is 29.3 Å². The quantitative estimate of drug-likeness (QED) is 0.422. The maximum absolute atomic E-state index is 13.2. The van der Waals surface area contributed by atoms with Crippen LogP contribution in [0.4, 0.5) is 0 Å². The maximum atomic E-state index is 13.2. The largest absolute Gasteiger partial charge is 0.503 e. The van der Waals surface area contributed by atoms with Gasteiger partial charge >= 0.3 is 0 Å². The fourth-order valence-corrected chi connectivity index (χ4v) is 4.11. The van der Waals surface area contributed by atoms with Crippen molar-refractivity contribution in [2.75, 3.05) is 6.61 Å². The molecule has 0 bridgehead atoms. The zero-order valence-corrected chi connectivity index (χ0v) is 16.8. The Balaban J connectivity index is 1.78. The average molecular weight is 421 g/mol. The third kappa shape index (κ3) is 3.67. The first-order valence-electron chi connectivity index (χ1n) is 9.28. The summed E-state index contributed by atoms with van der Waals surface area (Å²) in [4.78, 5) is 28.0. The van der Waals surface area contributed by atoms with Gasteiger partial charge in [-0.3, -0.25) is 9.59 Å². The van der Waals surface area contributed by atoms with E-state index in [0.29, 0.717) is 28.6 Å². The lowest BCUT2D eigenvalue weighted by Gasteiger charge is -2.26. The van der Waals surface area contributed by atoms with Crippen molar-refractivity contribution in [2.45, 2.75) is 12.6 Å². The van der Waals surface area contributed by atoms with Crippen molar-refractivity contribution in [2.24, 2.45) is 0 Å². The Labute approximate surface area is 177 Å². The van der Waals surface area contributed by atoms with Gasteiger partial charge in [0.15, 0.2) is 5.76 Å². The number of aliphatic hydroxyl groups is 1. The summed E-state index contributed by atoms with van der Waals surface area (Å²) >= 11 is 1.26. The number of rotatable bonds is 8. The van der Waals surface area contributed by atoms with Gasteiger partial charge in [-0.1, -0.05) is 30.9 Å². The first kappa shape index (κ1) is 19.7. The number of hydrogen-bond donors (Lipinski definition) is 1. The standard InChI is InChI=1S/C23H19NO5S/c1-2-10-28-16-7-3-6-15(13-16)20-19(21(25)18-9-5-12-30-18)22(26)23(27)24(20)14-17-8-4-11-29-17/h2-9,11-13,20,26H,1,10,14H2. The second kappa shape index (κ2) is 8.42. The van der Waals surface area contributed by atoms with Crippen LogP contribution in [-0.2, 0) is 11.3 Å². The van der Waals surface area contributed by atoms with Crippen LogP contribution in [0.3, 0.4) is 0 Å². The molecule has 6 nitrogen and oxygen atoms in total. The number of nitrogens with zero attached hydrogens (tertiary/aromatic N) is 1. The molecule has 0 aliphatic carbocycles. The Hall–Kier alpha value is -3.58. The maximum Gasteiger partial charge on any atom is 0.290 e. The van der Waals surface area contributed by atoms with E-state index in [1.54, 1.807) is 60.0 Å². The Bertz CT molecular complexity index is 1100. The molecular formula is C23H19NO5S. The van der Waals surface area contributed by atoms with Crippen molar-refractivity contribution in [3.05, 3.63) is 100 Å². The summed E-state index contributed by atoms with van der Waals surface area (Å²) in [6.07, 6.45) is 3.14. The van der Waals surface area contributed by atoms with Crippen molar-refractivity contribution < 1.29 is 23.8 Å². The highest BCUT2D eigenvalue weighted by Crippen LogP contribution is 2.41. The number of furan rings is 1. The van der Waals surface area contributed by atoms with Crippen molar-refractivity contribution >= 4 is 23.0 Å². The number of thiophene rings is 1. The highest BCUT2D eigenvalue weighted by atomic mass is 32.1. The zero-order valence-electron chi connectivity index (χ0n) is 16.0. The van der Waals surface area contributed by atoms with Crippen LogP contribution in [0.25, 0.3) is 0 Å². The molecule has 0 spiro atoms. The lowest BCUT2D eigenvalue weighted by Crippen LogP contribution is -2.30. The van der Waals surface area contributed by atoms with E-state index in [1.807, 2.05) is 0 Å². The Kier molecular flexibility index (Phi) is 5.54. The summed E-state index contributed by atoms with van der Waals surface area (Å²) in [7, 11) is 0. The highest BCUT2D eigenvalue weighted by Gasteiger charge is 2.44. The average Bonchev–Trinajstić information content (AvgIpc) is 3.51. The SMILES string of the molecule is C=CCOc1cccc(C2C(C(=O)c3cccs3)=C(O)C(=O)N2Cc2ccco2)c1. The Morgan fingerprint density at radius 3 is 2.83 bits per heavy atom. The van der Waals surface area contributed by atoms with E-state index < -0.39 is 17.7 Å². The lowest BCUT2D eigenvalue weighted by atomic mass is 9.95. The van der Waals surface area contributed by atoms with Gasteiger partial charge in [0.1, 0.15) is 18.1 Å². The molecule has 0 radical (unpaired) electrons. The summed E-state index contributed by atoms with van der Waals surface area (Å²) in [5.41, 5.74) is 0.704. The van der Waals surface area contributed by atoms with Crippen LogP contribution in [0.5, 0.6) is 5.75 Å². The smallest absolute Gasteiger partial charge is 0.290 e. The van der Waals surface area contributed by atoms with Crippen molar-refractivity contribution in [3.63, 3.8) is 0 Å². The van der Waals surface area contributed by atoms with Crippen LogP contribution < -0.4 is 4.74 Å². The number of ketones is 1. The van der Waals surface area contributed by atoms with Crippen LogP contribution in [0.15, 0.2) is 88.6 Å². The number of aliphatic hydroxyl groups excluding tert-OH is 1. The molecule has 1 aliphatic heterocycles. The molecule has 1 aliphatic rings. The van der Waals surface area contributed by atoms with Gasteiger partial charge in [-0.05, 0) is 41.3 Å². The third-order valence-electron chi connectivity index (χ3n) is 4.74. The van der Waals surface area contributed by atoms with Gasteiger partial charge in [-0.25, -0.2) is 0 Å². The molecule has 3 heterocycles. The van der Waals surface area contributed by atoms with Crippen molar-refractivity contribution in [1.29, 1.82) is 0 Å². The van der Waals surface area contributed by atoms with E-state index in [4.69, 9.17) is 9.15 Å². The van der Waals surface area contributed by atoms with Crippen LogP contribution in [0.2, 0.25) is 0 Å². The van der Waals surface area contributed by atoms with Crippen LogP contribution in [0, 0.1) is 0 Å². The second-order valence-corrected chi connectivity index (χ2v) is 7.60. The monoisotopic (exact) mass is 421 g/mol. The minimum Gasteiger partial charge on any atom is -0.503 e. The van der Waals surface area contributed by atoms with E-state index in [0.717, 1.165) is 0 Å². The van der Waals surface area contributed by atoms with Gasteiger partial charge in [0, 0.05) is 0 Å². The molecule has 1 unspecified atom stereocenters. The number of carbonyl (C=O) groups excluding carboxylic acids is 2. The highest BCUT2D eigenvalue weighted by molar-refractivity contribution is 7.12. The lowest BCUT2D eigenvalue weighted by molar-refractivity contribution is -0.130. The van der Waals surface area contributed by atoms with Gasteiger partial charge < -0.3 is 19.2 Å². The molecule has 1 N–H and O–H groups in total. The number of carbonyl (C=O) groups is 2. The topological polar surface area (TPSA) is 80.0 Å². The third-order valence-corrected chi connectivity index (χ3v) is 5.61. The number of hydrogen-bond acceptors (Lipinski definition) is 6. The second-order valence-electron chi connectivity index (χ2n) is 6.66. The van der Waals surface area contributed by atoms with Gasteiger partial charge in [0.2, 0.25) is 5.78 Å². The number of Topliss-reactive ketones (excluding diaryl/α,β-unsaturated/α-hetero) is 1. The molecule has 0 saturated carbocycles. The number of benzene rings is 1. The molecule has 2 aromatic heterocycles. The van der Waals surface area contributed by atoms with E-state index in [9.17, 15) is 14.7 Å². The van der Waals surface area contributed by atoms with Gasteiger partial charge in [0.25, 0.3) is 5.91 Å². The predicted molar refractivity (Wildman–Crippen MR) is 112 cm³/mol. The molecule has 152 valence electrons. The normalized spacial score (nSPS) is 16.2. The van der Waals surface area contributed by atoms with Gasteiger partial charge in [-0.2, -0.15) is 0 Å². The molecule has 30 heavy (non-hydrogen) atoms. The van der Waals surface area contributed by atoms with E-state index in [1.165, 1.54) is 22.5 Å². The summed E-state index contributed by atoms with van der Waals surface area (Å²) < 4.78 is 11.0. The summed E-state index contributed by atoms with van der Waals surface area (Å²) in [5, 5.41) is 12.4. The molecule has 1 amide bonds. The predicted octanol–water partition coefficient (Wildman–Crippen LogP) is 4.68. The first-order valence-corrected chi connectivity index (χ1v) is 10.2. The first-order chi connectivity index (χ1) is 14.6. The summed E-state index contributed by atoms with van der Waals surface area (Å²) in [5.74, 6) is -0.409. The van der Waals surface area contributed by atoms with E-state index >= 15 is 0 Å².